The first-order valence-corrected chi connectivity index (χ1v) is 8.51. The maximum absolute atomic E-state index is 11.9. The number of nitrogens with one attached hydrogen (secondary N) is 2. The molecule has 0 bridgehead atoms. The molecule has 3 unspecified atom stereocenters. The monoisotopic (exact) mass is 310 g/mol. The van der Waals surface area contributed by atoms with Gasteiger partial charge in [-0.1, -0.05) is 36.8 Å². The lowest BCUT2D eigenvalue weighted by Gasteiger charge is -2.22. The minimum absolute atomic E-state index is 0.0185. The zero-order valence-corrected chi connectivity index (χ0v) is 14.0. The van der Waals surface area contributed by atoms with E-state index in [0.29, 0.717) is 6.54 Å². The van der Waals surface area contributed by atoms with Crippen LogP contribution in [0, 0.1) is 6.92 Å². The fourth-order valence-corrected chi connectivity index (χ4v) is 2.75. The van der Waals surface area contributed by atoms with Gasteiger partial charge in [0.15, 0.2) is 0 Å². The van der Waals surface area contributed by atoms with Crippen LogP contribution in [0.1, 0.15) is 30.9 Å². The molecule has 0 aliphatic heterocycles. The van der Waals surface area contributed by atoms with Crippen LogP contribution in [0.4, 0.5) is 4.79 Å². The van der Waals surface area contributed by atoms with Gasteiger partial charge in [0.25, 0.3) is 0 Å². The average Bonchev–Trinajstić information content (AvgIpc) is 2.46. The van der Waals surface area contributed by atoms with Crippen molar-refractivity contribution in [2.75, 3.05) is 19.4 Å². The zero-order valence-electron chi connectivity index (χ0n) is 13.2. The van der Waals surface area contributed by atoms with Gasteiger partial charge in [-0.2, -0.15) is 11.8 Å². The highest BCUT2D eigenvalue weighted by atomic mass is 32.2. The van der Waals surface area contributed by atoms with E-state index in [2.05, 4.69) is 42.7 Å². The molecule has 2 amide bonds. The quantitative estimate of drug-likeness (QED) is 0.725. The van der Waals surface area contributed by atoms with Crippen molar-refractivity contribution in [1.29, 1.82) is 0 Å². The predicted octanol–water partition coefficient (Wildman–Crippen LogP) is 2.51. The number of aryl methyl sites for hydroxylation is 1. The fourth-order valence-electron chi connectivity index (χ4n) is 2.13. The van der Waals surface area contributed by atoms with E-state index >= 15 is 0 Å². The molecule has 3 N–H and O–H groups in total. The molecule has 0 aliphatic carbocycles. The Morgan fingerprint density at radius 3 is 2.67 bits per heavy atom. The Labute approximate surface area is 131 Å². The third kappa shape index (κ3) is 5.98. The number of hydrogen-bond acceptors (Lipinski definition) is 3. The second-order valence-electron chi connectivity index (χ2n) is 5.41. The van der Waals surface area contributed by atoms with E-state index < -0.39 is 0 Å². The molecule has 0 spiro atoms. The lowest BCUT2D eigenvalue weighted by Crippen LogP contribution is -2.46. The fraction of sp³-hybridized carbons (Fsp3) is 0.562. The molecule has 4 nitrogen and oxygen atoms in total. The van der Waals surface area contributed by atoms with Crippen molar-refractivity contribution < 1.29 is 9.90 Å². The minimum Gasteiger partial charge on any atom is -0.395 e. The van der Waals surface area contributed by atoms with Gasteiger partial charge in [0.2, 0.25) is 0 Å². The molecule has 0 saturated carbocycles. The topological polar surface area (TPSA) is 61.4 Å². The smallest absolute Gasteiger partial charge is 0.315 e. The first-order chi connectivity index (χ1) is 9.97. The molecule has 5 heteroatoms. The van der Waals surface area contributed by atoms with E-state index in [4.69, 9.17) is 0 Å². The zero-order chi connectivity index (χ0) is 15.8. The molecule has 1 aromatic rings. The summed E-state index contributed by atoms with van der Waals surface area (Å²) in [4.78, 5) is 11.9. The molecule has 3 atom stereocenters. The molecule has 0 saturated heterocycles. The highest BCUT2D eigenvalue weighted by molar-refractivity contribution is 7.99. The van der Waals surface area contributed by atoms with Crippen molar-refractivity contribution in [3.05, 3.63) is 35.4 Å². The van der Waals surface area contributed by atoms with E-state index in [0.717, 1.165) is 0 Å². The molecule has 0 aliphatic rings. The molecule has 1 aromatic carbocycles. The molecular formula is C16H26N2O2S. The van der Waals surface area contributed by atoms with Crippen LogP contribution < -0.4 is 10.6 Å². The van der Waals surface area contributed by atoms with Crippen molar-refractivity contribution in [3.63, 3.8) is 0 Å². The summed E-state index contributed by atoms with van der Waals surface area (Å²) in [5.74, 6) is 0.264. The molecule has 0 aromatic heterocycles. The third-order valence-electron chi connectivity index (χ3n) is 3.58. The van der Waals surface area contributed by atoms with Crippen LogP contribution in [-0.4, -0.2) is 41.8 Å². The van der Waals surface area contributed by atoms with Crippen molar-refractivity contribution in [2.45, 2.75) is 38.0 Å². The van der Waals surface area contributed by atoms with E-state index in [1.165, 1.54) is 11.1 Å². The van der Waals surface area contributed by atoms with Crippen LogP contribution in [0.3, 0.4) is 0 Å². The molecule has 0 radical (unpaired) electrons. The van der Waals surface area contributed by atoms with Gasteiger partial charge in [0, 0.05) is 17.8 Å². The van der Waals surface area contributed by atoms with Crippen molar-refractivity contribution >= 4 is 17.8 Å². The van der Waals surface area contributed by atoms with Crippen LogP contribution in [0.5, 0.6) is 0 Å². The summed E-state index contributed by atoms with van der Waals surface area (Å²) in [6.45, 7) is 6.71. The minimum atomic E-state index is -0.186. The number of carbonyl (C=O) groups is 1. The number of rotatable bonds is 7. The van der Waals surface area contributed by atoms with E-state index in [1.54, 1.807) is 11.8 Å². The Bertz CT molecular complexity index is 450. The highest BCUT2D eigenvalue weighted by Gasteiger charge is 2.17. The second kappa shape index (κ2) is 8.95. The van der Waals surface area contributed by atoms with Crippen molar-refractivity contribution in [2.24, 2.45) is 0 Å². The van der Waals surface area contributed by atoms with E-state index in [-0.39, 0.29) is 29.8 Å². The summed E-state index contributed by atoms with van der Waals surface area (Å²) in [6.07, 6.45) is 1.93. The standard InChI is InChI=1S/C16H26N2O2S/c1-11-6-5-7-14(8-11)12(2)9-17-16(20)18-13(3)15(10-19)21-4/h5-8,12-13,15,19H,9-10H2,1-4H3,(H2,17,18,20). The number of amides is 2. The molecular weight excluding hydrogens is 284 g/mol. The normalized spacial score (nSPS) is 15.1. The third-order valence-corrected chi connectivity index (χ3v) is 4.74. The summed E-state index contributed by atoms with van der Waals surface area (Å²) >= 11 is 1.55. The Morgan fingerprint density at radius 2 is 2.10 bits per heavy atom. The number of benzene rings is 1. The first kappa shape index (κ1) is 17.9. The summed E-state index contributed by atoms with van der Waals surface area (Å²) < 4.78 is 0. The highest BCUT2D eigenvalue weighted by Crippen LogP contribution is 2.15. The lowest BCUT2D eigenvalue weighted by atomic mass is 9.99. The van der Waals surface area contributed by atoms with Gasteiger partial charge in [-0.15, -0.1) is 0 Å². The Hall–Kier alpha value is -1.20. The number of aliphatic hydroxyl groups is 1. The van der Waals surface area contributed by atoms with Gasteiger partial charge in [0.1, 0.15) is 0 Å². The Kier molecular flexibility index (Phi) is 7.61. The van der Waals surface area contributed by atoms with Crippen LogP contribution in [0.15, 0.2) is 24.3 Å². The predicted molar refractivity (Wildman–Crippen MR) is 90.0 cm³/mol. The van der Waals surface area contributed by atoms with E-state index in [1.807, 2.05) is 19.2 Å². The number of urea groups is 1. The second-order valence-corrected chi connectivity index (χ2v) is 6.49. The summed E-state index contributed by atoms with van der Waals surface area (Å²) in [5.41, 5.74) is 2.45. The average molecular weight is 310 g/mol. The van der Waals surface area contributed by atoms with Crippen molar-refractivity contribution in [3.8, 4) is 0 Å². The number of hydrogen-bond donors (Lipinski definition) is 3. The molecule has 0 fully saturated rings. The molecule has 1 rings (SSSR count). The summed E-state index contributed by atoms with van der Waals surface area (Å²) in [6, 6.07) is 8.06. The Balaban J connectivity index is 2.42. The SMILES string of the molecule is CSC(CO)C(C)NC(=O)NCC(C)c1cccc(C)c1. The van der Waals surface area contributed by atoms with Gasteiger partial charge >= 0.3 is 6.03 Å². The van der Waals surface area contributed by atoms with Gasteiger partial charge < -0.3 is 15.7 Å². The molecule has 21 heavy (non-hydrogen) atoms. The molecule has 118 valence electrons. The molecule has 0 heterocycles. The number of carbonyl (C=O) groups excluding carboxylic acids is 1. The largest absolute Gasteiger partial charge is 0.395 e. The van der Waals surface area contributed by atoms with Gasteiger partial charge in [-0.25, -0.2) is 4.79 Å². The maximum atomic E-state index is 11.9. The van der Waals surface area contributed by atoms with Gasteiger partial charge in [0.05, 0.1) is 6.61 Å². The van der Waals surface area contributed by atoms with Crippen LogP contribution in [-0.2, 0) is 0 Å². The van der Waals surface area contributed by atoms with Gasteiger partial charge in [-0.05, 0) is 31.6 Å². The van der Waals surface area contributed by atoms with Crippen LogP contribution >= 0.6 is 11.8 Å². The maximum Gasteiger partial charge on any atom is 0.315 e. The van der Waals surface area contributed by atoms with Crippen LogP contribution in [0.25, 0.3) is 0 Å². The number of thioether (sulfide) groups is 1. The summed E-state index contributed by atoms with van der Waals surface area (Å²) in [5, 5.41) is 15.0. The lowest BCUT2D eigenvalue weighted by molar-refractivity contribution is 0.232. The van der Waals surface area contributed by atoms with Gasteiger partial charge in [-0.3, -0.25) is 0 Å². The Morgan fingerprint density at radius 1 is 1.38 bits per heavy atom. The summed E-state index contributed by atoms with van der Waals surface area (Å²) in [7, 11) is 0. The van der Waals surface area contributed by atoms with Crippen molar-refractivity contribution in [1.82, 2.24) is 10.6 Å². The van der Waals surface area contributed by atoms with E-state index in [9.17, 15) is 9.90 Å². The van der Waals surface area contributed by atoms with Crippen LogP contribution in [0.2, 0.25) is 0 Å². The number of aliphatic hydroxyl groups excluding tert-OH is 1. The first-order valence-electron chi connectivity index (χ1n) is 7.22.